The molecule has 298 valence electrons. The van der Waals surface area contributed by atoms with Crippen LogP contribution in [-0.4, -0.2) is 0 Å². The molecule has 2 aliphatic rings. The van der Waals surface area contributed by atoms with Crippen molar-refractivity contribution in [3.05, 3.63) is 190 Å². The number of allylic oxidation sites excluding steroid dienone is 7. The first-order valence-corrected chi connectivity index (χ1v) is 21.4. The SMILES string of the molecule is Cc1cc(N(C2=C(c3ccccc3)C=CCC2C2=CCCC=C2)c2ccc(C(C)(C)C)cc2)c(Cl)c(N(c2ccc(C(C)(C)C)cc2)c2ccc(C(C)(C)C)cc2)c1. The normalized spacial score (nSPS) is 16.1. The maximum atomic E-state index is 8.03. The summed E-state index contributed by atoms with van der Waals surface area (Å²) in [6.07, 6.45) is 14.8. The Hall–Kier alpha value is -5.05. The molecule has 7 rings (SSSR count). The first-order chi connectivity index (χ1) is 27.5. The summed E-state index contributed by atoms with van der Waals surface area (Å²) in [5, 5.41) is 0.701. The zero-order chi connectivity index (χ0) is 41.4. The van der Waals surface area contributed by atoms with E-state index in [0.717, 1.165) is 53.3 Å². The van der Waals surface area contributed by atoms with Crippen LogP contribution in [0.1, 0.15) is 109 Å². The van der Waals surface area contributed by atoms with E-state index in [0.29, 0.717) is 5.02 Å². The Morgan fingerprint density at radius 1 is 0.534 bits per heavy atom. The highest BCUT2D eigenvalue weighted by Gasteiger charge is 2.33. The third-order valence-corrected chi connectivity index (χ3v) is 12.0. The van der Waals surface area contributed by atoms with Crippen LogP contribution in [0.25, 0.3) is 5.57 Å². The van der Waals surface area contributed by atoms with Crippen LogP contribution >= 0.6 is 11.6 Å². The number of halogens is 1. The van der Waals surface area contributed by atoms with Gasteiger partial charge in [0.05, 0.1) is 16.4 Å². The topological polar surface area (TPSA) is 6.48 Å². The van der Waals surface area contributed by atoms with Crippen LogP contribution in [-0.2, 0) is 16.2 Å². The van der Waals surface area contributed by atoms with Crippen LogP contribution in [0.15, 0.2) is 157 Å². The Labute approximate surface area is 354 Å². The lowest BCUT2D eigenvalue weighted by molar-refractivity contribution is 0.590. The molecule has 0 bridgehead atoms. The highest BCUT2D eigenvalue weighted by molar-refractivity contribution is 6.36. The molecule has 0 amide bonds. The molecule has 5 aromatic carbocycles. The lowest BCUT2D eigenvalue weighted by Gasteiger charge is -2.39. The van der Waals surface area contributed by atoms with Crippen molar-refractivity contribution in [3.8, 4) is 0 Å². The largest absolute Gasteiger partial charge is 0.311 e. The van der Waals surface area contributed by atoms with Crippen molar-refractivity contribution in [1.29, 1.82) is 0 Å². The van der Waals surface area contributed by atoms with Crippen LogP contribution in [0.3, 0.4) is 0 Å². The third-order valence-electron chi connectivity index (χ3n) is 11.6. The average molecular weight is 786 g/mol. The molecule has 2 aliphatic carbocycles. The van der Waals surface area contributed by atoms with Crippen molar-refractivity contribution < 1.29 is 0 Å². The molecule has 1 atom stereocenters. The summed E-state index contributed by atoms with van der Waals surface area (Å²) in [5.74, 6) is 0.130. The van der Waals surface area contributed by atoms with Crippen LogP contribution in [0.5, 0.6) is 0 Å². The van der Waals surface area contributed by atoms with E-state index in [-0.39, 0.29) is 22.2 Å². The highest BCUT2D eigenvalue weighted by atomic mass is 35.5. The van der Waals surface area contributed by atoms with Gasteiger partial charge in [0.2, 0.25) is 0 Å². The molecular formula is C55H61ClN2. The minimum Gasteiger partial charge on any atom is -0.311 e. The van der Waals surface area contributed by atoms with Crippen LogP contribution in [0.4, 0.5) is 28.4 Å². The molecule has 0 aliphatic heterocycles. The van der Waals surface area contributed by atoms with E-state index in [2.05, 4.69) is 225 Å². The fourth-order valence-electron chi connectivity index (χ4n) is 8.25. The molecule has 0 aromatic heterocycles. The summed E-state index contributed by atoms with van der Waals surface area (Å²) in [6, 6.07) is 42.6. The zero-order valence-corrected chi connectivity index (χ0v) is 37.1. The summed E-state index contributed by atoms with van der Waals surface area (Å²) in [6.45, 7) is 22.6. The van der Waals surface area contributed by atoms with Crippen molar-refractivity contribution in [2.45, 2.75) is 105 Å². The molecular weight excluding hydrogens is 724 g/mol. The maximum Gasteiger partial charge on any atom is 0.0887 e. The number of nitrogens with zero attached hydrogens (tertiary/aromatic N) is 2. The molecule has 5 aromatic rings. The van der Waals surface area contributed by atoms with Crippen molar-refractivity contribution in [1.82, 2.24) is 0 Å². The Balaban J connectivity index is 1.52. The molecule has 1 unspecified atom stereocenters. The number of benzene rings is 5. The Kier molecular flexibility index (Phi) is 11.6. The van der Waals surface area contributed by atoms with Crippen LogP contribution < -0.4 is 9.80 Å². The lowest BCUT2D eigenvalue weighted by Crippen LogP contribution is -2.27. The van der Waals surface area contributed by atoms with E-state index >= 15 is 0 Å². The summed E-state index contributed by atoms with van der Waals surface area (Å²) < 4.78 is 0. The van der Waals surface area contributed by atoms with Crippen molar-refractivity contribution in [2.24, 2.45) is 5.92 Å². The van der Waals surface area contributed by atoms with Gasteiger partial charge in [0.1, 0.15) is 0 Å². The monoisotopic (exact) mass is 784 g/mol. The van der Waals surface area contributed by atoms with Crippen LogP contribution in [0.2, 0.25) is 5.02 Å². The van der Waals surface area contributed by atoms with Crippen molar-refractivity contribution in [3.63, 3.8) is 0 Å². The molecule has 0 heterocycles. The standard InChI is InChI=1S/C55H61ClN2/c1-38-36-49(57(44-30-24-41(25-31-44)53(2,3)4)45-32-26-42(27-33-45)54(5,6)7)51(56)50(37-38)58(46-34-28-43(29-35-46)55(8,9)10)52-47(39-18-13-11-14-19-39)22-17-23-48(52)40-20-15-12-16-21-40/h11,13-15,17-22,24-37,48H,12,16,23H2,1-10H3. The van der Waals surface area contributed by atoms with E-state index in [1.54, 1.807) is 0 Å². The van der Waals surface area contributed by atoms with Gasteiger partial charge in [-0.25, -0.2) is 0 Å². The molecule has 0 radical (unpaired) electrons. The van der Waals surface area contributed by atoms with E-state index < -0.39 is 0 Å². The molecule has 0 spiro atoms. The van der Waals surface area contributed by atoms with Gasteiger partial charge in [-0.15, -0.1) is 0 Å². The summed E-state index contributed by atoms with van der Waals surface area (Å²) in [5.41, 5.74) is 15.2. The van der Waals surface area contributed by atoms with Gasteiger partial charge >= 0.3 is 0 Å². The minimum absolute atomic E-state index is 0.0192. The summed E-state index contributed by atoms with van der Waals surface area (Å²) in [4.78, 5) is 4.82. The van der Waals surface area contributed by atoms with E-state index in [1.807, 2.05) is 0 Å². The second-order valence-corrected chi connectivity index (χ2v) is 19.6. The summed E-state index contributed by atoms with van der Waals surface area (Å²) in [7, 11) is 0. The number of aryl methyl sites for hydroxylation is 1. The second kappa shape index (κ2) is 16.3. The quantitative estimate of drug-likeness (QED) is 0.155. The molecule has 0 saturated carbocycles. The zero-order valence-electron chi connectivity index (χ0n) is 36.3. The van der Waals surface area contributed by atoms with Crippen LogP contribution in [0, 0.1) is 12.8 Å². The van der Waals surface area contributed by atoms with Gasteiger partial charge in [-0.1, -0.05) is 171 Å². The van der Waals surface area contributed by atoms with Crippen molar-refractivity contribution in [2.75, 3.05) is 9.80 Å². The maximum absolute atomic E-state index is 8.03. The average Bonchev–Trinajstić information content (AvgIpc) is 3.20. The first kappa shape index (κ1) is 41.1. The molecule has 0 N–H and O–H groups in total. The fourth-order valence-corrected chi connectivity index (χ4v) is 8.53. The van der Waals surface area contributed by atoms with Gasteiger partial charge in [0.25, 0.3) is 0 Å². The predicted molar refractivity (Wildman–Crippen MR) is 253 cm³/mol. The predicted octanol–water partition coefficient (Wildman–Crippen LogP) is 16.4. The van der Waals surface area contributed by atoms with Gasteiger partial charge in [0.15, 0.2) is 0 Å². The van der Waals surface area contributed by atoms with Gasteiger partial charge in [-0.2, -0.15) is 0 Å². The van der Waals surface area contributed by atoms with E-state index in [4.69, 9.17) is 11.6 Å². The first-order valence-electron chi connectivity index (χ1n) is 21.1. The minimum atomic E-state index is 0.0192. The Morgan fingerprint density at radius 3 is 1.45 bits per heavy atom. The molecule has 2 nitrogen and oxygen atoms in total. The number of anilines is 5. The van der Waals surface area contributed by atoms with Crippen molar-refractivity contribution >= 4 is 45.6 Å². The molecule has 0 saturated heterocycles. The van der Waals surface area contributed by atoms with E-state index in [1.165, 1.54) is 39.1 Å². The second-order valence-electron chi connectivity index (χ2n) is 19.2. The van der Waals surface area contributed by atoms with Gasteiger partial charge in [-0.3, -0.25) is 0 Å². The fraction of sp³-hybridized carbons (Fsp3) is 0.309. The smallest absolute Gasteiger partial charge is 0.0887 e. The molecule has 0 fully saturated rings. The van der Waals surface area contributed by atoms with E-state index in [9.17, 15) is 0 Å². The van der Waals surface area contributed by atoms with Gasteiger partial charge in [-0.05, 0) is 124 Å². The summed E-state index contributed by atoms with van der Waals surface area (Å²) >= 11 is 8.03. The molecule has 3 heteroatoms. The van der Waals surface area contributed by atoms with Gasteiger partial charge < -0.3 is 9.80 Å². The van der Waals surface area contributed by atoms with Gasteiger partial charge in [0, 0.05) is 34.3 Å². The number of hydrogen-bond acceptors (Lipinski definition) is 2. The Morgan fingerprint density at radius 2 is 1.00 bits per heavy atom. The Bertz CT molecular complexity index is 2300. The highest BCUT2D eigenvalue weighted by Crippen LogP contribution is 2.51. The number of rotatable bonds is 8. The lowest BCUT2D eigenvalue weighted by atomic mass is 9.81. The number of hydrogen-bond donors (Lipinski definition) is 0. The molecule has 58 heavy (non-hydrogen) atoms. The third kappa shape index (κ3) is 8.69.